The van der Waals surface area contributed by atoms with Crippen LogP contribution in [0.25, 0.3) is 0 Å². The SMILES string of the molecule is S=C1N[C@@H](c2ccccn2)[C@@H](c2ccc[nH]2)N1Cc1cccnc1. The molecule has 0 saturated carbocycles. The summed E-state index contributed by atoms with van der Waals surface area (Å²) >= 11 is 5.62. The van der Waals surface area contributed by atoms with Gasteiger partial charge in [-0.05, 0) is 48.1 Å². The molecule has 3 aromatic heterocycles. The van der Waals surface area contributed by atoms with Crippen LogP contribution in [0.4, 0.5) is 0 Å². The van der Waals surface area contributed by atoms with E-state index in [4.69, 9.17) is 12.2 Å². The van der Waals surface area contributed by atoms with Gasteiger partial charge in [0.15, 0.2) is 5.11 Å². The Labute approximate surface area is 145 Å². The zero-order chi connectivity index (χ0) is 16.4. The Balaban J connectivity index is 1.71. The lowest BCUT2D eigenvalue weighted by Gasteiger charge is -2.26. The standard InChI is InChI=1S/C18H17N5S/c24-18-22-16(14-6-1-2-9-20-14)17(15-7-4-10-21-15)23(18)12-13-5-3-8-19-11-13/h1-11,16-17,21H,12H2,(H,22,24)/t16-,17+/m0/s1. The summed E-state index contributed by atoms with van der Waals surface area (Å²) in [5.74, 6) is 0. The fraction of sp³-hybridized carbons (Fsp3) is 0.167. The summed E-state index contributed by atoms with van der Waals surface area (Å²) in [4.78, 5) is 14.3. The average molecular weight is 335 g/mol. The van der Waals surface area contributed by atoms with Crippen LogP contribution >= 0.6 is 12.2 Å². The van der Waals surface area contributed by atoms with Crippen LogP contribution in [-0.2, 0) is 6.54 Å². The molecule has 4 heterocycles. The fourth-order valence-electron chi connectivity index (χ4n) is 3.13. The van der Waals surface area contributed by atoms with Gasteiger partial charge in [-0.25, -0.2) is 0 Å². The predicted molar refractivity (Wildman–Crippen MR) is 96.0 cm³/mol. The maximum Gasteiger partial charge on any atom is 0.170 e. The normalized spacial score (nSPS) is 20.2. The van der Waals surface area contributed by atoms with Crippen molar-refractivity contribution in [1.82, 2.24) is 25.2 Å². The van der Waals surface area contributed by atoms with Crippen LogP contribution in [-0.4, -0.2) is 25.0 Å². The van der Waals surface area contributed by atoms with E-state index in [0.717, 1.165) is 22.1 Å². The molecular formula is C18H17N5S. The molecule has 0 amide bonds. The summed E-state index contributed by atoms with van der Waals surface area (Å²) in [5.41, 5.74) is 3.22. The van der Waals surface area contributed by atoms with E-state index in [2.05, 4.69) is 37.3 Å². The van der Waals surface area contributed by atoms with Crippen LogP contribution < -0.4 is 5.32 Å². The molecule has 0 radical (unpaired) electrons. The molecule has 0 aromatic carbocycles. The Morgan fingerprint density at radius 3 is 2.75 bits per heavy atom. The highest BCUT2D eigenvalue weighted by atomic mass is 32.1. The van der Waals surface area contributed by atoms with E-state index in [1.54, 1.807) is 6.20 Å². The lowest BCUT2D eigenvalue weighted by atomic mass is 10.0. The van der Waals surface area contributed by atoms with Crippen molar-refractivity contribution in [2.45, 2.75) is 18.6 Å². The van der Waals surface area contributed by atoms with Gasteiger partial charge in [0.1, 0.15) is 0 Å². The largest absolute Gasteiger partial charge is 0.363 e. The molecule has 0 unspecified atom stereocenters. The molecule has 1 saturated heterocycles. The van der Waals surface area contributed by atoms with Gasteiger partial charge in [-0.1, -0.05) is 12.1 Å². The molecule has 24 heavy (non-hydrogen) atoms. The topological polar surface area (TPSA) is 56.8 Å². The molecule has 120 valence electrons. The van der Waals surface area contributed by atoms with E-state index in [-0.39, 0.29) is 12.1 Å². The number of nitrogens with one attached hydrogen (secondary N) is 2. The molecule has 6 heteroatoms. The summed E-state index contributed by atoms with van der Waals surface area (Å²) in [6.45, 7) is 0.701. The first kappa shape index (κ1) is 14.8. The Morgan fingerprint density at radius 1 is 1.08 bits per heavy atom. The molecule has 3 aromatic rings. The van der Waals surface area contributed by atoms with Crippen molar-refractivity contribution in [3.8, 4) is 0 Å². The van der Waals surface area contributed by atoms with E-state index in [1.165, 1.54) is 0 Å². The maximum absolute atomic E-state index is 5.62. The van der Waals surface area contributed by atoms with Gasteiger partial charge in [-0.3, -0.25) is 9.97 Å². The fourth-order valence-corrected chi connectivity index (χ4v) is 3.44. The van der Waals surface area contributed by atoms with Crippen molar-refractivity contribution < 1.29 is 0 Å². The molecule has 2 atom stereocenters. The van der Waals surface area contributed by atoms with Crippen LogP contribution in [0.3, 0.4) is 0 Å². The minimum atomic E-state index is 0.00835. The summed E-state index contributed by atoms with van der Waals surface area (Å²) in [6.07, 6.45) is 7.41. The van der Waals surface area contributed by atoms with Crippen LogP contribution in [0.1, 0.15) is 29.0 Å². The number of aromatic nitrogens is 3. The second-order valence-electron chi connectivity index (χ2n) is 5.74. The molecule has 0 bridgehead atoms. The second kappa shape index (κ2) is 6.41. The van der Waals surface area contributed by atoms with Crippen molar-refractivity contribution in [2.24, 2.45) is 0 Å². The van der Waals surface area contributed by atoms with Gasteiger partial charge in [0.25, 0.3) is 0 Å². The van der Waals surface area contributed by atoms with Gasteiger partial charge >= 0.3 is 0 Å². The van der Waals surface area contributed by atoms with Crippen molar-refractivity contribution in [1.29, 1.82) is 0 Å². The van der Waals surface area contributed by atoms with Crippen molar-refractivity contribution in [2.75, 3.05) is 0 Å². The number of hydrogen-bond donors (Lipinski definition) is 2. The first-order valence-corrected chi connectivity index (χ1v) is 8.24. The van der Waals surface area contributed by atoms with E-state index in [9.17, 15) is 0 Å². The third-order valence-electron chi connectivity index (χ3n) is 4.21. The van der Waals surface area contributed by atoms with Gasteiger partial charge in [0.05, 0.1) is 17.8 Å². The van der Waals surface area contributed by atoms with Crippen LogP contribution in [0.5, 0.6) is 0 Å². The molecule has 1 fully saturated rings. The first-order chi connectivity index (χ1) is 11.8. The minimum Gasteiger partial charge on any atom is -0.363 e. The number of pyridine rings is 2. The molecule has 1 aliphatic rings. The quantitative estimate of drug-likeness (QED) is 0.718. The minimum absolute atomic E-state index is 0.00835. The average Bonchev–Trinajstić information content (AvgIpc) is 3.25. The molecule has 1 aliphatic heterocycles. The molecule has 4 rings (SSSR count). The molecule has 0 aliphatic carbocycles. The lowest BCUT2D eigenvalue weighted by Crippen LogP contribution is -2.29. The summed E-state index contributed by atoms with van der Waals surface area (Å²) in [6, 6.07) is 14.1. The Morgan fingerprint density at radius 2 is 2.04 bits per heavy atom. The van der Waals surface area contributed by atoms with Gasteiger partial charge in [-0.2, -0.15) is 0 Å². The molecule has 5 nitrogen and oxygen atoms in total. The number of thiocarbonyl (C=S) groups is 1. The third kappa shape index (κ3) is 2.76. The van der Waals surface area contributed by atoms with Gasteiger partial charge < -0.3 is 15.2 Å². The summed E-state index contributed by atoms with van der Waals surface area (Å²) < 4.78 is 0. The predicted octanol–water partition coefficient (Wildman–Crippen LogP) is 2.98. The second-order valence-corrected chi connectivity index (χ2v) is 6.13. The van der Waals surface area contributed by atoms with Gasteiger partial charge in [-0.15, -0.1) is 0 Å². The van der Waals surface area contributed by atoms with E-state index < -0.39 is 0 Å². The number of rotatable bonds is 4. The number of H-pyrrole nitrogens is 1. The van der Waals surface area contributed by atoms with Crippen LogP contribution in [0.2, 0.25) is 0 Å². The van der Waals surface area contributed by atoms with E-state index in [1.807, 2.05) is 48.9 Å². The van der Waals surface area contributed by atoms with E-state index in [0.29, 0.717) is 6.54 Å². The van der Waals surface area contributed by atoms with Crippen LogP contribution in [0, 0.1) is 0 Å². The zero-order valence-electron chi connectivity index (χ0n) is 13.0. The Hall–Kier alpha value is -2.73. The van der Waals surface area contributed by atoms with Gasteiger partial charge in [0, 0.05) is 37.0 Å². The highest BCUT2D eigenvalue weighted by Gasteiger charge is 2.40. The first-order valence-electron chi connectivity index (χ1n) is 7.83. The maximum atomic E-state index is 5.62. The summed E-state index contributed by atoms with van der Waals surface area (Å²) in [7, 11) is 0. The number of nitrogens with zero attached hydrogens (tertiary/aromatic N) is 3. The highest BCUT2D eigenvalue weighted by molar-refractivity contribution is 7.80. The monoisotopic (exact) mass is 335 g/mol. The molecule has 2 N–H and O–H groups in total. The van der Waals surface area contributed by atoms with Crippen molar-refractivity contribution in [3.05, 3.63) is 84.2 Å². The highest BCUT2D eigenvalue weighted by Crippen LogP contribution is 2.38. The Kier molecular flexibility index (Phi) is 3.96. The number of aromatic amines is 1. The molecular weight excluding hydrogens is 318 g/mol. The van der Waals surface area contributed by atoms with Gasteiger partial charge in [0.2, 0.25) is 0 Å². The Bertz CT molecular complexity index is 804. The van der Waals surface area contributed by atoms with Crippen molar-refractivity contribution >= 4 is 17.3 Å². The van der Waals surface area contributed by atoms with E-state index >= 15 is 0 Å². The summed E-state index contributed by atoms with van der Waals surface area (Å²) in [5, 5.41) is 4.16. The zero-order valence-corrected chi connectivity index (χ0v) is 13.8. The van der Waals surface area contributed by atoms with Crippen LogP contribution in [0.15, 0.2) is 67.3 Å². The number of hydrogen-bond acceptors (Lipinski definition) is 3. The van der Waals surface area contributed by atoms with Crippen molar-refractivity contribution in [3.63, 3.8) is 0 Å². The lowest BCUT2D eigenvalue weighted by molar-refractivity contribution is 0.305. The third-order valence-corrected chi connectivity index (χ3v) is 4.57. The smallest absolute Gasteiger partial charge is 0.170 e. The molecule has 0 spiro atoms.